The van der Waals surface area contributed by atoms with Crippen LogP contribution in [0, 0.1) is 0 Å². The highest BCUT2D eigenvalue weighted by molar-refractivity contribution is 7.09. The molecule has 0 bridgehead atoms. The maximum Gasteiger partial charge on any atom is 0.271 e. The van der Waals surface area contributed by atoms with Crippen molar-refractivity contribution in [2.75, 3.05) is 18.0 Å². The molecule has 8 nitrogen and oxygen atoms in total. The van der Waals surface area contributed by atoms with Crippen LogP contribution in [-0.4, -0.2) is 49.8 Å². The third-order valence-corrected chi connectivity index (χ3v) is 5.61. The van der Waals surface area contributed by atoms with E-state index in [0.717, 1.165) is 42.1 Å². The first kappa shape index (κ1) is 18.5. The first-order chi connectivity index (χ1) is 13.6. The van der Waals surface area contributed by atoms with Gasteiger partial charge in [0.2, 0.25) is 5.95 Å². The lowest BCUT2D eigenvalue weighted by Gasteiger charge is -2.17. The van der Waals surface area contributed by atoms with Gasteiger partial charge in [-0.25, -0.2) is 15.0 Å². The maximum atomic E-state index is 12.5. The highest BCUT2D eigenvalue weighted by Gasteiger charge is 2.26. The SMILES string of the molecule is CCCc1nc(C(=O)NC2CCN(c3nccc(-c4cnn(C)c4)n3)C2)cs1. The molecule has 1 fully saturated rings. The highest BCUT2D eigenvalue weighted by Crippen LogP contribution is 2.21. The van der Waals surface area contributed by atoms with Crippen molar-refractivity contribution in [1.29, 1.82) is 0 Å². The Hall–Kier alpha value is -2.81. The second-order valence-corrected chi connectivity index (χ2v) is 7.87. The van der Waals surface area contributed by atoms with Crippen molar-refractivity contribution >= 4 is 23.2 Å². The topological polar surface area (TPSA) is 88.8 Å². The van der Waals surface area contributed by atoms with Crippen LogP contribution >= 0.6 is 11.3 Å². The number of nitrogens with one attached hydrogen (secondary N) is 1. The summed E-state index contributed by atoms with van der Waals surface area (Å²) in [6.07, 6.45) is 8.29. The third-order valence-electron chi connectivity index (χ3n) is 4.70. The predicted molar refractivity (Wildman–Crippen MR) is 108 cm³/mol. The number of hydrogen-bond donors (Lipinski definition) is 1. The molecule has 0 aliphatic carbocycles. The zero-order chi connectivity index (χ0) is 19.5. The van der Waals surface area contributed by atoms with E-state index >= 15 is 0 Å². The summed E-state index contributed by atoms with van der Waals surface area (Å²) in [6, 6.07) is 1.95. The molecule has 1 N–H and O–H groups in total. The Kier molecular flexibility index (Phi) is 5.34. The van der Waals surface area contributed by atoms with Crippen LogP contribution in [0.3, 0.4) is 0 Å². The van der Waals surface area contributed by atoms with Gasteiger partial charge in [0.15, 0.2) is 0 Å². The number of rotatable bonds is 6. The molecule has 4 rings (SSSR count). The number of aromatic nitrogens is 5. The van der Waals surface area contributed by atoms with Crippen LogP contribution in [0.1, 0.15) is 35.3 Å². The molecule has 1 atom stereocenters. The number of hydrogen-bond acceptors (Lipinski definition) is 7. The summed E-state index contributed by atoms with van der Waals surface area (Å²) < 4.78 is 1.75. The number of aryl methyl sites for hydroxylation is 2. The minimum atomic E-state index is -0.101. The fourth-order valence-electron chi connectivity index (χ4n) is 3.28. The lowest BCUT2D eigenvalue weighted by molar-refractivity contribution is 0.0936. The molecule has 1 saturated heterocycles. The van der Waals surface area contributed by atoms with Crippen molar-refractivity contribution in [1.82, 2.24) is 30.0 Å². The lowest BCUT2D eigenvalue weighted by Crippen LogP contribution is -2.37. The van der Waals surface area contributed by atoms with E-state index in [-0.39, 0.29) is 11.9 Å². The van der Waals surface area contributed by atoms with E-state index in [1.807, 2.05) is 24.7 Å². The Labute approximate surface area is 167 Å². The number of carbonyl (C=O) groups excluding carboxylic acids is 1. The zero-order valence-corrected chi connectivity index (χ0v) is 16.8. The fourth-order valence-corrected chi connectivity index (χ4v) is 4.16. The molecule has 0 saturated carbocycles. The Morgan fingerprint density at radius 1 is 1.39 bits per heavy atom. The van der Waals surface area contributed by atoms with Crippen LogP contribution in [0.25, 0.3) is 11.3 Å². The fraction of sp³-hybridized carbons (Fsp3) is 0.421. The first-order valence-corrected chi connectivity index (χ1v) is 10.3. The molecule has 0 radical (unpaired) electrons. The standard InChI is InChI=1S/C19H23N7OS/c1-3-4-17-23-16(12-28-17)18(27)22-14-6-8-26(11-14)19-20-7-5-15(24-19)13-9-21-25(2)10-13/h5,7,9-10,12,14H,3-4,6,8,11H2,1-2H3,(H,22,27). The summed E-state index contributed by atoms with van der Waals surface area (Å²) in [4.78, 5) is 28.1. The molecular weight excluding hydrogens is 374 g/mol. The number of nitrogens with zero attached hydrogens (tertiary/aromatic N) is 6. The number of anilines is 1. The average Bonchev–Trinajstić information content (AvgIpc) is 3.43. The van der Waals surface area contributed by atoms with Gasteiger partial charge in [0.25, 0.3) is 5.91 Å². The van der Waals surface area contributed by atoms with E-state index in [1.165, 1.54) is 0 Å². The molecule has 3 aromatic rings. The summed E-state index contributed by atoms with van der Waals surface area (Å²) >= 11 is 1.55. The Balaban J connectivity index is 1.39. The van der Waals surface area contributed by atoms with Crippen LogP contribution in [0.15, 0.2) is 30.0 Å². The Morgan fingerprint density at radius 3 is 3.07 bits per heavy atom. The summed E-state index contributed by atoms with van der Waals surface area (Å²) in [6.45, 7) is 3.60. The van der Waals surface area contributed by atoms with E-state index in [2.05, 4.69) is 37.2 Å². The normalized spacial score (nSPS) is 16.5. The van der Waals surface area contributed by atoms with Crippen LogP contribution in [-0.2, 0) is 13.5 Å². The van der Waals surface area contributed by atoms with Crippen molar-refractivity contribution in [3.05, 3.63) is 40.7 Å². The van der Waals surface area contributed by atoms with Crippen molar-refractivity contribution in [3.8, 4) is 11.3 Å². The molecule has 0 spiro atoms. The molecule has 1 aliphatic rings. The largest absolute Gasteiger partial charge is 0.346 e. The molecule has 3 aromatic heterocycles. The van der Waals surface area contributed by atoms with Crippen LogP contribution < -0.4 is 10.2 Å². The van der Waals surface area contributed by atoms with Gasteiger partial charge >= 0.3 is 0 Å². The molecular formula is C19H23N7OS. The third kappa shape index (κ3) is 4.04. The zero-order valence-electron chi connectivity index (χ0n) is 16.0. The first-order valence-electron chi connectivity index (χ1n) is 9.44. The summed E-state index contributed by atoms with van der Waals surface area (Å²) in [5.41, 5.74) is 2.32. The van der Waals surface area contributed by atoms with E-state index in [1.54, 1.807) is 28.4 Å². The average molecular weight is 398 g/mol. The Bertz CT molecular complexity index is 967. The van der Waals surface area contributed by atoms with Gasteiger partial charge in [-0.1, -0.05) is 6.92 Å². The van der Waals surface area contributed by atoms with Gasteiger partial charge in [0, 0.05) is 49.5 Å². The molecule has 9 heteroatoms. The molecule has 146 valence electrons. The predicted octanol–water partition coefficient (Wildman–Crippen LogP) is 2.29. The minimum absolute atomic E-state index is 0.0643. The number of thiazole rings is 1. The van der Waals surface area contributed by atoms with Gasteiger partial charge < -0.3 is 10.2 Å². The summed E-state index contributed by atoms with van der Waals surface area (Å²) in [5.74, 6) is 0.576. The molecule has 0 aromatic carbocycles. The quantitative estimate of drug-likeness (QED) is 0.687. The number of amides is 1. The van der Waals surface area contributed by atoms with E-state index < -0.39 is 0 Å². The van der Waals surface area contributed by atoms with Gasteiger partial charge in [0.1, 0.15) is 5.69 Å². The van der Waals surface area contributed by atoms with Crippen molar-refractivity contribution in [3.63, 3.8) is 0 Å². The maximum absolute atomic E-state index is 12.5. The smallest absolute Gasteiger partial charge is 0.271 e. The summed E-state index contributed by atoms with van der Waals surface area (Å²) in [7, 11) is 1.88. The minimum Gasteiger partial charge on any atom is -0.346 e. The molecule has 28 heavy (non-hydrogen) atoms. The monoisotopic (exact) mass is 397 g/mol. The molecule has 4 heterocycles. The number of carbonyl (C=O) groups is 1. The molecule has 1 aliphatic heterocycles. The van der Waals surface area contributed by atoms with Gasteiger partial charge in [-0.2, -0.15) is 5.10 Å². The van der Waals surface area contributed by atoms with E-state index in [0.29, 0.717) is 18.2 Å². The second kappa shape index (κ2) is 8.05. The molecule has 1 unspecified atom stereocenters. The van der Waals surface area contributed by atoms with E-state index in [9.17, 15) is 4.79 Å². The van der Waals surface area contributed by atoms with Crippen LogP contribution in [0.5, 0.6) is 0 Å². The van der Waals surface area contributed by atoms with Gasteiger partial charge in [-0.3, -0.25) is 9.48 Å². The van der Waals surface area contributed by atoms with Crippen LogP contribution in [0.4, 0.5) is 5.95 Å². The van der Waals surface area contributed by atoms with Gasteiger partial charge in [-0.05, 0) is 25.3 Å². The van der Waals surface area contributed by atoms with Crippen molar-refractivity contribution < 1.29 is 4.79 Å². The van der Waals surface area contributed by atoms with E-state index in [4.69, 9.17) is 0 Å². The molecule has 1 amide bonds. The van der Waals surface area contributed by atoms with Crippen LogP contribution in [0.2, 0.25) is 0 Å². The highest BCUT2D eigenvalue weighted by atomic mass is 32.1. The lowest BCUT2D eigenvalue weighted by atomic mass is 10.2. The Morgan fingerprint density at radius 2 is 2.29 bits per heavy atom. The summed E-state index contributed by atoms with van der Waals surface area (Å²) in [5, 5.41) is 10.1. The van der Waals surface area contributed by atoms with Crippen molar-refractivity contribution in [2.45, 2.75) is 32.2 Å². The van der Waals surface area contributed by atoms with Gasteiger partial charge in [0.05, 0.1) is 16.9 Å². The second-order valence-electron chi connectivity index (χ2n) is 6.93. The van der Waals surface area contributed by atoms with Gasteiger partial charge in [-0.15, -0.1) is 11.3 Å². The van der Waals surface area contributed by atoms with Crippen molar-refractivity contribution in [2.24, 2.45) is 7.05 Å².